The Morgan fingerprint density at radius 2 is 1.19 bits per heavy atom. The third-order valence-electron chi connectivity index (χ3n) is 4.45. The van der Waals surface area contributed by atoms with Crippen molar-refractivity contribution in [2.45, 2.75) is 18.0 Å². The number of amides is 1. The predicted molar refractivity (Wildman–Crippen MR) is 124 cm³/mol. The minimum atomic E-state index is -3.95. The van der Waals surface area contributed by atoms with Crippen LogP contribution in [0, 0.1) is 0 Å². The highest BCUT2D eigenvalue weighted by atomic mass is 35.5. The van der Waals surface area contributed by atoms with Crippen molar-refractivity contribution < 1.29 is 13.2 Å². The number of carbonyl (C=O) groups is 1. The second-order valence-corrected chi connectivity index (χ2v) is 10.0. The van der Waals surface area contributed by atoms with E-state index in [4.69, 9.17) is 34.8 Å². The molecule has 9 heteroatoms. The van der Waals surface area contributed by atoms with Gasteiger partial charge in [0.25, 0.3) is 0 Å². The van der Waals surface area contributed by atoms with Crippen molar-refractivity contribution in [1.82, 2.24) is 9.62 Å². The van der Waals surface area contributed by atoms with Gasteiger partial charge in [-0.05, 0) is 59.7 Å². The fraction of sp³-hybridized carbons (Fsp3) is 0.136. The Bertz CT molecular complexity index is 1130. The van der Waals surface area contributed by atoms with Gasteiger partial charge in [0.2, 0.25) is 15.9 Å². The molecule has 3 aromatic carbocycles. The summed E-state index contributed by atoms with van der Waals surface area (Å²) in [6.07, 6.45) is 0. The van der Waals surface area contributed by atoms with Gasteiger partial charge in [-0.25, -0.2) is 8.42 Å². The highest BCUT2D eigenvalue weighted by Gasteiger charge is 2.27. The third-order valence-corrected chi connectivity index (χ3v) is 7.01. The molecule has 0 saturated carbocycles. The maximum Gasteiger partial charge on any atom is 0.243 e. The molecule has 5 nitrogen and oxygen atoms in total. The van der Waals surface area contributed by atoms with Crippen molar-refractivity contribution in [2.24, 2.45) is 0 Å². The van der Waals surface area contributed by atoms with Crippen LogP contribution in [0.5, 0.6) is 0 Å². The standard InChI is InChI=1S/C22H19Cl3N2O3S/c23-18-5-1-16(2-6-18)13-26-22(28)15-27(14-17-3-7-19(24)8-4-17)31(29,30)21-11-9-20(25)10-12-21/h1-12H,13-15H2,(H,26,28). The van der Waals surface area contributed by atoms with Gasteiger partial charge in [-0.2, -0.15) is 4.31 Å². The van der Waals surface area contributed by atoms with Crippen LogP contribution in [0.3, 0.4) is 0 Å². The van der Waals surface area contributed by atoms with Gasteiger partial charge in [-0.15, -0.1) is 0 Å². The summed E-state index contributed by atoms with van der Waals surface area (Å²) in [4.78, 5) is 12.6. The number of nitrogens with one attached hydrogen (secondary N) is 1. The van der Waals surface area contributed by atoms with Crippen LogP contribution in [0.15, 0.2) is 77.7 Å². The first-order valence-electron chi connectivity index (χ1n) is 9.25. The Kier molecular flexibility index (Phi) is 7.97. The molecule has 3 aromatic rings. The van der Waals surface area contributed by atoms with Crippen LogP contribution in [-0.2, 0) is 27.9 Å². The van der Waals surface area contributed by atoms with Crippen LogP contribution < -0.4 is 5.32 Å². The molecular weight excluding hydrogens is 479 g/mol. The minimum Gasteiger partial charge on any atom is -0.351 e. The van der Waals surface area contributed by atoms with Crippen molar-refractivity contribution in [3.05, 3.63) is 99.0 Å². The second-order valence-electron chi connectivity index (χ2n) is 6.76. The van der Waals surface area contributed by atoms with E-state index in [9.17, 15) is 13.2 Å². The molecule has 0 aliphatic heterocycles. The summed E-state index contributed by atoms with van der Waals surface area (Å²) in [6, 6.07) is 19.6. The molecule has 1 N–H and O–H groups in total. The van der Waals surface area contributed by atoms with Gasteiger partial charge in [0.1, 0.15) is 0 Å². The highest BCUT2D eigenvalue weighted by molar-refractivity contribution is 7.89. The number of carbonyl (C=O) groups excluding carboxylic acids is 1. The quantitative estimate of drug-likeness (QED) is 0.468. The van der Waals surface area contributed by atoms with Gasteiger partial charge in [-0.1, -0.05) is 59.1 Å². The first-order chi connectivity index (χ1) is 14.7. The van der Waals surface area contributed by atoms with Crippen LogP contribution in [0.2, 0.25) is 15.1 Å². The number of benzene rings is 3. The lowest BCUT2D eigenvalue weighted by molar-refractivity contribution is -0.121. The summed E-state index contributed by atoms with van der Waals surface area (Å²) < 4.78 is 27.6. The summed E-state index contributed by atoms with van der Waals surface area (Å²) in [5.74, 6) is -0.429. The Morgan fingerprint density at radius 3 is 1.71 bits per heavy atom. The van der Waals surface area contributed by atoms with E-state index in [1.54, 1.807) is 48.5 Å². The molecule has 31 heavy (non-hydrogen) atoms. The zero-order valence-corrected chi connectivity index (χ0v) is 19.3. The van der Waals surface area contributed by atoms with E-state index in [1.807, 2.05) is 0 Å². The van der Waals surface area contributed by atoms with Crippen LogP contribution in [0.25, 0.3) is 0 Å². The van der Waals surface area contributed by atoms with E-state index in [-0.39, 0.29) is 24.5 Å². The average Bonchev–Trinajstić information content (AvgIpc) is 2.74. The maximum absolute atomic E-state index is 13.2. The molecule has 162 valence electrons. The van der Waals surface area contributed by atoms with Gasteiger partial charge in [-0.3, -0.25) is 4.79 Å². The molecular formula is C22H19Cl3N2O3S. The zero-order chi connectivity index (χ0) is 22.4. The first-order valence-corrected chi connectivity index (χ1v) is 11.8. The monoisotopic (exact) mass is 496 g/mol. The number of rotatable bonds is 8. The van der Waals surface area contributed by atoms with E-state index >= 15 is 0 Å². The lowest BCUT2D eigenvalue weighted by Gasteiger charge is -2.22. The first kappa shape index (κ1) is 23.6. The molecule has 0 atom stereocenters. The smallest absolute Gasteiger partial charge is 0.243 e. The molecule has 0 unspecified atom stereocenters. The minimum absolute atomic E-state index is 0.0104. The van der Waals surface area contributed by atoms with Crippen LogP contribution in [-0.4, -0.2) is 25.2 Å². The molecule has 0 fully saturated rings. The van der Waals surface area contributed by atoms with Crippen molar-refractivity contribution in [3.8, 4) is 0 Å². The topological polar surface area (TPSA) is 66.5 Å². The van der Waals surface area contributed by atoms with Crippen molar-refractivity contribution in [2.75, 3.05) is 6.54 Å². The Morgan fingerprint density at radius 1 is 0.742 bits per heavy atom. The number of sulfonamides is 1. The average molecular weight is 498 g/mol. The van der Waals surface area contributed by atoms with E-state index in [1.165, 1.54) is 24.3 Å². The summed E-state index contributed by atoms with van der Waals surface area (Å²) in [7, 11) is -3.95. The molecule has 0 spiro atoms. The Hall–Kier alpha value is -2.09. The molecule has 1 amide bonds. The number of nitrogens with zero attached hydrogens (tertiary/aromatic N) is 1. The number of hydrogen-bond donors (Lipinski definition) is 1. The number of hydrogen-bond acceptors (Lipinski definition) is 3. The highest BCUT2D eigenvalue weighted by Crippen LogP contribution is 2.21. The summed E-state index contributed by atoms with van der Waals surface area (Å²) >= 11 is 17.7. The molecule has 0 aliphatic rings. The second kappa shape index (κ2) is 10.5. The van der Waals surface area contributed by atoms with Crippen LogP contribution >= 0.6 is 34.8 Å². The molecule has 3 rings (SSSR count). The molecule has 0 aromatic heterocycles. The van der Waals surface area contributed by atoms with Crippen molar-refractivity contribution >= 4 is 50.7 Å². The maximum atomic E-state index is 13.2. The van der Waals surface area contributed by atoms with E-state index < -0.39 is 15.9 Å². The van der Waals surface area contributed by atoms with E-state index in [0.717, 1.165) is 9.87 Å². The van der Waals surface area contributed by atoms with Crippen LogP contribution in [0.1, 0.15) is 11.1 Å². The normalized spacial score (nSPS) is 11.5. The lowest BCUT2D eigenvalue weighted by Crippen LogP contribution is -2.40. The van der Waals surface area contributed by atoms with Crippen LogP contribution in [0.4, 0.5) is 0 Å². The van der Waals surface area contributed by atoms with Gasteiger partial charge in [0.15, 0.2) is 0 Å². The predicted octanol–water partition coefficient (Wildman–Crippen LogP) is 5.15. The fourth-order valence-electron chi connectivity index (χ4n) is 2.79. The van der Waals surface area contributed by atoms with E-state index in [2.05, 4.69) is 5.32 Å². The molecule has 0 heterocycles. The van der Waals surface area contributed by atoms with Gasteiger partial charge in [0.05, 0.1) is 11.4 Å². The Balaban J connectivity index is 1.79. The van der Waals surface area contributed by atoms with Crippen molar-refractivity contribution in [3.63, 3.8) is 0 Å². The third kappa shape index (κ3) is 6.69. The van der Waals surface area contributed by atoms with Gasteiger partial charge in [0, 0.05) is 28.2 Å². The SMILES string of the molecule is O=C(CN(Cc1ccc(Cl)cc1)S(=O)(=O)c1ccc(Cl)cc1)NCc1ccc(Cl)cc1. The largest absolute Gasteiger partial charge is 0.351 e. The summed E-state index contributed by atoms with van der Waals surface area (Å²) in [5, 5.41) is 4.30. The lowest BCUT2D eigenvalue weighted by atomic mass is 10.2. The van der Waals surface area contributed by atoms with Gasteiger partial charge >= 0.3 is 0 Å². The summed E-state index contributed by atoms with van der Waals surface area (Å²) in [6.45, 7) is -0.0799. The summed E-state index contributed by atoms with van der Waals surface area (Å²) in [5.41, 5.74) is 1.55. The fourth-order valence-corrected chi connectivity index (χ4v) is 4.56. The van der Waals surface area contributed by atoms with E-state index in [0.29, 0.717) is 20.6 Å². The zero-order valence-electron chi connectivity index (χ0n) is 16.3. The van der Waals surface area contributed by atoms with Gasteiger partial charge < -0.3 is 5.32 Å². The molecule has 0 saturated heterocycles. The number of halogens is 3. The molecule has 0 aliphatic carbocycles. The van der Waals surface area contributed by atoms with Crippen molar-refractivity contribution in [1.29, 1.82) is 0 Å². The Labute approximate surface area is 196 Å². The molecule has 0 radical (unpaired) electrons. The molecule has 0 bridgehead atoms.